The Hall–Kier alpha value is -1.86. The first kappa shape index (κ1) is 15.7. The lowest BCUT2D eigenvalue weighted by Gasteiger charge is -2.26. The van der Waals surface area contributed by atoms with Gasteiger partial charge in [-0.1, -0.05) is 6.07 Å². The molecular weight excluding hydrogens is 340 g/mol. The second-order valence-electron chi connectivity index (χ2n) is 5.83. The molecule has 0 N–H and O–H groups in total. The Bertz CT molecular complexity index is 866. The summed E-state index contributed by atoms with van der Waals surface area (Å²) in [6.07, 6.45) is 1.78. The van der Waals surface area contributed by atoms with Crippen LogP contribution in [0.4, 0.5) is 0 Å². The molecule has 4 heterocycles. The summed E-state index contributed by atoms with van der Waals surface area (Å²) in [6.45, 7) is 4.25. The number of amides is 1. The van der Waals surface area contributed by atoms with Crippen LogP contribution in [0.2, 0.25) is 0 Å². The summed E-state index contributed by atoms with van der Waals surface area (Å²) in [5, 5.41) is 7.39. The lowest BCUT2D eigenvalue weighted by atomic mass is 10.1. The van der Waals surface area contributed by atoms with E-state index in [1.807, 2.05) is 40.4 Å². The van der Waals surface area contributed by atoms with E-state index in [0.717, 1.165) is 46.9 Å². The van der Waals surface area contributed by atoms with Crippen LogP contribution in [0.3, 0.4) is 0 Å². The van der Waals surface area contributed by atoms with Crippen LogP contribution >= 0.6 is 23.1 Å². The van der Waals surface area contributed by atoms with Crippen molar-refractivity contribution in [2.45, 2.75) is 13.5 Å². The van der Waals surface area contributed by atoms with E-state index in [4.69, 9.17) is 0 Å². The molecule has 1 fully saturated rings. The van der Waals surface area contributed by atoms with Crippen LogP contribution in [0.1, 0.15) is 20.9 Å². The van der Waals surface area contributed by atoms with Crippen LogP contribution in [-0.4, -0.2) is 50.2 Å². The number of aromatic nitrogens is 3. The van der Waals surface area contributed by atoms with Gasteiger partial charge in [-0.25, -0.2) is 9.67 Å². The Morgan fingerprint density at radius 2 is 2.17 bits per heavy atom. The highest BCUT2D eigenvalue weighted by atomic mass is 32.2. The highest BCUT2D eigenvalue weighted by Crippen LogP contribution is 2.23. The van der Waals surface area contributed by atoms with E-state index in [0.29, 0.717) is 6.54 Å². The van der Waals surface area contributed by atoms with Crippen molar-refractivity contribution in [3.63, 3.8) is 0 Å². The monoisotopic (exact) mass is 358 g/mol. The Balaban J connectivity index is 1.73. The molecule has 3 aromatic rings. The first-order valence-corrected chi connectivity index (χ1v) is 9.98. The lowest BCUT2D eigenvalue weighted by molar-refractivity contribution is 0.0774. The van der Waals surface area contributed by atoms with Gasteiger partial charge in [0.2, 0.25) is 0 Å². The quantitative estimate of drug-likeness (QED) is 0.722. The third-order valence-electron chi connectivity index (χ3n) is 4.15. The molecule has 4 rings (SSSR count). The molecule has 1 amide bonds. The zero-order chi connectivity index (χ0) is 16.5. The molecule has 1 aliphatic heterocycles. The van der Waals surface area contributed by atoms with E-state index >= 15 is 0 Å². The van der Waals surface area contributed by atoms with Crippen LogP contribution in [-0.2, 0) is 6.54 Å². The zero-order valence-corrected chi connectivity index (χ0v) is 15.1. The first-order valence-electron chi connectivity index (χ1n) is 7.95. The average Bonchev–Trinajstić information content (AvgIpc) is 3.25. The summed E-state index contributed by atoms with van der Waals surface area (Å²) >= 11 is 3.60. The molecule has 0 radical (unpaired) electrons. The van der Waals surface area contributed by atoms with Gasteiger partial charge in [0, 0.05) is 35.2 Å². The SMILES string of the molecule is Cc1cc(C(=O)N2CCSCC2)c2cnn(Cc3cccs3)c2n1. The lowest BCUT2D eigenvalue weighted by Crippen LogP contribution is -2.38. The number of carbonyl (C=O) groups is 1. The maximum atomic E-state index is 12.9. The average molecular weight is 358 g/mol. The summed E-state index contributed by atoms with van der Waals surface area (Å²) in [7, 11) is 0. The second-order valence-corrected chi connectivity index (χ2v) is 8.09. The first-order chi connectivity index (χ1) is 11.7. The van der Waals surface area contributed by atoms with Crippen molar-refractivity contribution in [2.24, 2.45) is 0 Å². The number of pyridine rings is 1. The molecule has 0 atom stereocenters. The fraction of sp³-hybridized carbons (Fsp3) is 0.353. The number of aryl methyl sites for hydroxylation is 1. The number of carbonyl (C=O) groups excluding carboxylic acids is 1. The van der Waals surface area contributed by atoms with Gasteiger partial charge in [0.15, 0.2) is 5.65 Å². The molecular formula is C17H18N4OS2. The number of thiophene rings is 1. The molecule has 124 valence electrons. The molecule has 0 spiro atoms. The predicted molar refractivity (Wildman–Crippen MR) is 98.9 cm³/mol. The van der Waals surface area contributed by atoms with Crippen LogP contribution in [0.15, 0.2) is 29.8 Å². The summed E-state index contributed by atoms with van der Waals surface area (Å²) in [5.41, 5.74) is 2.37. The van der Waals surface area contributed by atoms with Gasteiger partial charge in [-0.05, 0) is 24.4 Å². The van der Waals surface area contributed by atoms with Crippen LogP contribution in [0, 0.1) is 6.92 Å². The number of hydrogen-bond donors (Lipinski definition) is 0. The number of hydrogen-bond acceptors (Lipinski definition) is 5. The third-order valence-corrected chi connectivity index (χ3v) is 5.96. The van der Waals surface area contributed by atoms with E-state index in [1.54, 1.807) is 17.5 Å². The van der Waals surface area contributed by atoms with Crippen molar-refractivity contribution in [1.82, 2.24) is 19.7 Å². The largest absolute Gasteiger partial charge is 0.337 e. The number of thioether (sulfide) groups is 1. The van der Waals surface area contributed by atoms with E-state index < -0.39 is 0 Å². The van der Waals surface area contributed by atoms with Gasteiger partial charge in [0.05, 0.1) is 23.7 Å². The standard InChI is InChI=1S/C17H18N4OS2/c1-12-9-14(17(22)20-4-7-23-8-5-20)15-10-18-21(16(15)19-12)11-13-3-2-6-24-13/h2-3,6,9-10H,4-5,7-8,11H2,1H3. The normalized spacial score (nSPS) is 15.1. The van der Waals surface area contributed by atoms with Crippen molar-refractivity contribution >= 4 is 40.0 Å². The summed E-state index contributed by atoms with van der Waals surface area (Å²) in [4.78, 5) is 20.8. The van der Waals surface area contributed by atoms with Crippen molar-refractivity contribution < 1.29 is 4.79 Å². The molecule has 7 heteroatoms. The Labute approximate surface area is 148 Å². The second kappa shape index (κ2) is 6.57. The highest BCUT2D eigenvalue weighted by molar-refractivity contribution is 7.99. The van der Waals surface area contributed by atoms with Crippen LogP contribution in [0.25, 0.3) is 11.0 Å². The smallest absolute Gasteiger partial charge is 0.254 e. The number of nitrogens with zero attached hydrogens (tertiary/aromatic N) is 4. The van der Waals surface area contributed by atoms with Gasteiger partial charge in [-0.15, -0.1) is 11.3 Å². The fourth-order valence-corrected chi connectivity index (χ4v) is 4.54. The van der Waals surface area contributed by atoms with E-state index in [1.165, 1.54) is 4.88 Å². The van der Waals surface area contributed by atoms with Crippen molar-refractivity contribution in [1.29, 1.82) is 0 Å². The van der Waals surface area contributed by atoms with Crippen LogP contribution in [0.5, 0.6) is 0 Å². The van der Waals surface area contributed by atoms with Gasteiger partial charge in [0.25, 0.3) is 5.91 Å². The van der Waals surface area contributed by atoms with Gasteiger partial charge < -0.3 is 4.90 Å². The minimum Gasteiger partial charge on any atom is -0.337 e. The minimum atomic E-state index is 0.0986. The Kier molecular flexibility index (Phi) is 4.28. The maximum Gasteiger partial charge on any atom is 0.254 e. The molecule has 3 aromatic heterocycles. The maximum absolute atomic E-state index is 12.9. The molecule has 0 aliphatic carbocycles. The van der Waals surface area contributed by atoms with Crippen LogP contribution < -0.4 is 0 Å². The van der Waals surface area contributed by atoms with Crippen molar-refractivity contribution in [3.05, 3.63) is 45.9 Å². The summed E-state index contributed by atoms with van der Waals surface area (Å²) in [5.74, 6) is 2.12. The van der Waals surface area contributed by atoms with E-state index in [2.05, 4.69) is 21.5 Å². The fourth-order valence-electron chi connectivity index (χ4n) is 2.95. The van der Waals surface area contributed by atoms with Crippen molar-refractivity contribution in [2.75, 3.05) is 24.6 Å². The molecule has 24 heavy (non-hydrogen) atoms. The van der Waals surface area contributed by atoms with Crippen molar-refractivity contribution in [3.8, 4) is 0 Å². The zero-order valence-electron chi connectivity index (χ0n) is 13.4. The van der Waals surface area contributed by atoms with E-state index in [9.17, 15) is 4.79 Å². The molecule has 0 bridgehead atoms. The third kappa shape index (κ3) is 2.93. The van der Waals surface area contributed by atoms with Gasteiger partial charge >= 0.3 is 0 Å². The summed E-state index contributed by atoms with van der Waals surface area (Å²) < 4.78 is 1.89. The van der Waals surface area contributed by atoms with E-state index in [-0.39, 0.29) is 5.91 Å². The molecule has 1 saturated heterocycles. The number of rotatable bonds is 3. The molecule has 0 aromatic carbocycles. The Morgan fingerprint density at radius 1 is 1.33 bits per heavy atom. The van der Waals surface area contributed by atoms with Gasteiger partial charge in [-0.3, -0.25) is 4.79 Å². The minimum absolute atomic E-state index is 0.0986. The Morgan fingerprint density at radius 3 is 2.92 bits per heavy atom. The predicted octanol–water partition coefficient (Wildman–Crippen LogP) is 3.04. The molecule has 0 saturated carbocycles. The summed E-state index contributed by atoms with van der Waals surface area (Å²) in [6, 6.07) is 6.02. The van der Waals surface area contributed by atoms with Gasteiger partial charge in [0.1, 0.15) is 0 Å². The highest BCUT2D eigenvalue weighted by Gasteiger charge is 2.22. The molecule has 5 nitrogen and oxygen atoms in total. The number of fused-ring (bicyclic) bond motifs is 1. The molecule has 0 unspecified atom stereocenters. The topological polar surface area (TPSA) is 51.0 Å². The molecule has 1 aliphatic rings. The van der Waals surface area contributed by atoms with Gasteiger partial charge in [-0.2, -0.15) is 16.9 Å².